The second-order valence-corrected chi connectivity index (χ2v) is 3.07. The molecule has 0 radical (unpaired) electrons. The normalized spacial score (nSPS) is 12.5. The maximum absolute atomic E-state index is 10.9. The summed E-state index contributed by atoms with van der Waals surface area (Å²) in [7, 11) is 0. The number of ketones is 1. The average molecular weight is 178 g/mol. The van der Waals surface area contributed by atoms with Crippen molar-refractivity contribution in [2.24, 2.45) is 0 Å². The van der Waals surface area contributed by atoms with Crippen LogP contribution in [0.15, 0.2) is 24.5 Å². The molecule has 0 aromatic carbocycles. The van der Waals surface area contributed by atoms with Gasteiger partial charge in [0, 0.05) is 18.9 Å². The second-order valence-electron chi connectivity index (χ2n) is 3.07. The van der Waals surface area contributed by atoms with Crippen LogP contribution in [0.4, 0.5) is 0 Å². The Balaban J connectivity index is 2.39. The molecule has 13 heavy (non-hydrogen) atoms. The number of Topliss-reactive ketones (excluding diaryl/α,β-unsaturated/α-hetero) is 1. The van der Waals surface area contributed by atoms with Crippen molar-refractivity contribution < 1.29 is 4.79 Å². The molecule has 3 heteroatoms. The highest BCUT2D eigenvalue weighted by Gasteiger charge is 2.05. The van der Waals surface area contributed by atoms with Crippen LogP contribution in [0.3, 0.4) is 0 Å². The van der Waals surface area contributed by atoms with Gasteiger partial charge in [-0.3, -0.25) is 9.78 Å². The lowest BCUT2D eigenvalue weighted by Gasteiger charge is -2.09. The number of hydrogen-bond acceptors (Lipinski definition) is 3. The molecule has 0 saturated heterocycles. The number of aromatic nitrogens is 1. The molecule has 3 nitrogen and oxygen atoms in total. The van der Waals surface area contributed by atoms with Gasteiger partial charge in [0.25, 0.3) is 0 Å². The van der Waals surface area contributed by atoms with E-state index in [9.17, 15) is 4.79 Å². The highest BCUT2D eigenvalue weighted by Crippen LogP contribution is 1.95. The Labute approximate surface area is 78.2 Å². The number of carbonyl (C=O) groups excluding carboxylic acids is 1. The molecular formula is C10H14N2O. The minimum Gasteiger partial charge on any atom is -0.304 e. The maximum Gasteiger partial charge on any atom is 0.146 e. The topological polar surface area (TPSA) is 42.0 Å². The van der Waals surface area contributed by atoms with E-state index < -0.39 is 0 Å². The quantitative estimate of drug-likeness (QED) is 0.752. The Morgan fingerprint density at radius 1 is 1.69 bits per heavy atom. The fourth-order valence-corrected chi connectivity index (χ4v) is 0.917. The Morgan fingerprint density at radius 2 is 2.46 bits per heavy atom. The third-order valence-electron chi connectivity index (χ3n) is 1.94. The van der Waals surface area contributed by atoms with Gasteiger partial charge in [0.2, 0.25) is 0 Å². The van der Waals surface area contributed by atoms with Gasteiger partial charge in [-0.1, -0.05) is 6.07 Å². The summed E-state index contributed by atoms with van der Waals surface area (Å²) in [5.41, 5.74) is 1.09. The molecule has 0 saturated carbocycles. The Bertz CT molecular complexity index is 272. The van der Waals surface area contributed by atoms with Crippen molar-refractivity contribution in [1.82, 2.24) is 10.3 Å². The van der Waals surface area contributed by atoms with E-state index in [4.69, 9.17) is 0 Å². The van der Waals surface area contributed by atoms with Crippen molar-refractivity contribution in [2.45, 2.75) is 26.4 Å². The zero-order valence-corrected chi connectivity index (χ0v) is 7.95. The number of hydrogen-bond donors (Lipinski definition) is 1. The van der Waals surface area contributed by atoms with E-state index >= 15 is 0 Å². The van der Waals surface area contributed by atoms with Gasteiger partial charge in [0.15, 0.2) is 0 Å². The molecule has 1 N–H and O–H groups in total. The van der Waals surface area contributed by atoms with Gasteiger partial charge in [0.05, 0.1) is 6.04 Å². The van der Waals surface area contributed by atoms with Gasteiger partial charge in [-0.15, -0.1) is 0 Å². The number of nitrogens with zero attached hydrogens (tertiary/aromatic N) is 1. The molecule has 0 amide bonds. The third-order valence-corrected chi connectivity index (χ3v) is 1.94. The molecule has 0 bridgehead atoms. The van der Waals surface area contributed by atoms with Crippen LogP contribution in [0, 0.1) is 0 Å². The van der Waals surface area contributed by atoms with Gasteiger partial charge in [-0.25, -0.2) is 0 Å². The zero-order chi connectivity index (χ0) is 9.68. The monoisotopic (exact) mass is 178 g/mol. The lowest BCUT2D eigenvalue weighted by molar-refractivity contribution is -0.118. The predicted octanol–water partition coefficient (Wildman–Crippen LogP) is 1.15. The predicted molar refractivity (Wildman–Crippen MR) is 51.2 cm³/mol. The Morgan fingerprint density at radius 3 is 3.00 bits per heavy atom. The van der Waals surface area contributed by atoms with E-state index in [2.05, 4.69) is 10.3 Å². The van der Waals surface area contributed by atoms with Crippen LogP contribution in [0.2, 0.25) is 0 Å². The molecule has 0 spiro atoms. The number of pyridine rings is 1. The van der Waals surface area contributed by atoms with E-state index in [1.807, 2.05) is 19.1 Å². The van der Waals surface area contributed by atoms with Gasteiger partial charge in [-0.05, 0) is 25.5 Å². The third kappa shape index (κ3) is 3.34. The molecule has 0 aliphatic heterocycles. The van der Waals surface area contributed by atoms with Crippen LogP contribution in [-0.2, 0) is 11.3 Å². The minimum absolute atomic E-state index is 0.0831. The molecule has 1 unspecified atom stereocenters. The summed E-state index contributed by atoms with van der Waals surface area (Å²) < 4.78 is 0. The number of rotatable bonds is 4. The van der Waals surface area contributed by atoms with Gasteiger partial charge < -0.3 is 5.32 Å². The molecule has 0 aliphatic rings. The van der Waals surface area contributed by atoms with Crippen LogP contribution in [0.25, 0.3) is 0 Å². The van der Waals surface area contributed by atoms with E-state index in [1.165, 1.54) is 0 Å². The van der Waals surface area contributed by atoms with E-state index in [1.54, 1.807) is 19.3 Å². The first-order valence-corrected chi connectivity index (χ1v) is 4.33. The Hall–Kier alpha value is -1.22. The molecule has 1 rings (SSSR count). The standard InChI is InChI=1S/C10H14N2O/c1-8(9(2)13)12-7-10-4-3-5-11-6-10/h3-6,8,12H,7H2,1-2H3. The van der Waals surface area contributed by atoms with Crippen LogP contribution in [0.5, 0.6) is 0 Å². The van der Waals surface area contributed by atoms with Crippen molar-refractivity contribution in [2.75, 3.05) is 0 Å². The molecule has 1 aromatic heterocycles. The second kappa shape index (κ2) is 4.72. The molecule has 1 aromatic rings. The van der Waals surface area contributed by atoms with E-state index in [0.29, 0.717) is 6.54 Å². The van der Waals surface area contributed by atoms with Crippen LogP contribution >= 0.6 is 0 Å². The highest BCUT2D eigenvalue weighted by molar-refractivity contribution is 5.80. The summed E-state index contributed by atoms with van der Waals surface area (Å²) in [4.78, 5) is 14.9. The summed E-state index contributed by atoms with van der Waals surface area (Å²) in [5.74, 6) is 0.156. The number of carbonyl (C=O) groups is 1. The van der Waals surface area contributed by atoms with Crippen molar-refractivity contribution in [3.05, 3.63) is 30.1 Å². The molecule has 1 heterocycles. The van der Waals surface area contributed by atoms with E-state index in [-0.39, 0.29) is 11.8 Å². The first kappa shape index (κ1) is 9.86. The lowest BCUT2D eigenvalue weighted by Crippen LogP contribution is -2.31. The summed E-state index contributed by atoms with van der Waals surface area (Å²) in [6.45, 7) is 4.13. The molecular weight excluding hydrogens is 164 g/mol. The average Bonchev–Trinajstić information content (AvgIpc) is 2.15. The van der Waals surface area contributed by atoms with Crippen LogP contribution < -0.4 is 5.32 Å². The summed E-state index contributed by atoms with van der Waals surface area (Å²) in [6, 6.07) is 3.78. The van der Waals surface area contributed by atoms with Crippen molar-refractivity contribution in [3.8, 4) is 0 Å². The largest absolute Gasteiger partial charge is 0.304 e. The van der Waals surface area contributed by atoms with Gasteiger partial charge in [-0.2, -0.15) is 0 Å². The molecule has 0 aliphatic carbocycles. The lowest BCUT2D eigenvalue weighted by atomic mass is 10.2. The fourth-order valence-electron chi connectivity index (χ4n) is 0.917. The highest BCUT2D eigenvalue weighted by atomic mass is 16.1. The van der Waals surface area contributed by atoms with Gasteiger partial charge >= 0.3 is 0 Å². The molecule has 70 valence electrons. The first-order chi connectivity index (χ1) is 6.20. The molecule has 1 atom stereocenters. The minimum atomic E-state index is -0.0831. The first-order valence-electron chi connectivity index (χ1n) is 4.33. The smallest absolute Gasteiger partial charge is 0.146 e. The SMILES string of the molecule is CC(=O)C(C)NCc1cccnc1. The summed E-state index contributed by atoms with van der Waals surface area (Å²) in [6.07, 6.45) is 3.53. The molecule has 0 fully saturated rings. The van der Waals surface area contributed by atoms with E-state index in [0.717, 1.165) is 5.56 Å². The van der Waals surface area contributed by atoms with Crippen molar-refractivity contribution in [3.63, 3.8) is 0 Å². The maximum atomic E-state index is 10.9. The van der Waals surface area contributed by atoms with Crippen molar-refractivity contribution >= 4 is 5.78 Å². The summed E-state index contributed by atoms with van der Waals surface area (Å²) >= 11 is 0. The zero-order valence-electron chi connectivity index (χ0n) is 7.95. The summed E-state index contributed by atoms with van der Waals surface area (Å²) in [5, 5.41) is 3.11. The van der Waals surface area contributed by atoms with Crippen molar-refractivity contribution in [1.29, 1.82) is 0 Å². The van der Waals surface area contributed by atoms with Gasteiger partial charge in [0.1, 0.15) is 5.78 Å². The van der Waals surface area contributed by atoms with Crippen LogP contribution in [0.1, 0.15) is 19.4 Å². The number of nitrogens with one attached hydrogen (secondary N) is 1. The Kier molecular flexibility index (Phi) is 3.58. The van der Waals surface area contributed by atoms with Crippen LogP contribution in [-0.4, -0.2) is 16.8 Å². The fraction of sp³-hybridized carbons (Fsp3) is 0.400.